The number of nitrogens with zero attached hydrogens (tertiary/aromatic N) is 2. The van der Waals surface area contributed by atoms with Gasteiger partial charge in [-0.15, -0.1) is 0 Å². The third-order valence-electron chi connectivity index (χ3n) is 3.48. The van der Waals surface area contributed by atoms with Crippen LogP contribution in [0.3, 0.4) is 0 Å². The number of hydrogen-bond acceptors (Lipinski definition) is 3. The van der Waals surface area contributed by atoms with E-state index in [1.165, 1.54) is 5.56 Å². The van der Waals surface area contributed by atoms with E-state index in [0.29, 0.717) is 11.9 Å². The predicted molar refractivity (Wildman–Crippen MR) is 87.7 cm³/mol. The molecule has 4 nitrogen and oxygen atoms in total. The number of aromatic nitrogens is 2. The van der Waals surface area contributed by atoms with Gasteiger partial charge in [0.2, 0.25) is 5.95 Å². The third kappa shape index (κ3) is 3.28. The van der Waals surface area contributed by atoms with Crippen molar-refractivity contribution in [2.45, 2.75) is 19.3 Å². The van der Waals surface area contributed by atoms with Crippen LogP contribution in [-0.4, -0.2) is 16.2 Å². The first-order chi connectivity index (χ1) is 10.3. The summed E-state index contributed by atoms with van der Waals surface area (Å²) >= 11 is 0. The minimum atomic E-state index is 0.451. The molecule has 0 radical (unpaired) electrons. The van der Waals surface area contributed by atoms with Crippen molar-refractivity contribution >= 4 is 23.2 Å². The molecule has 1 heterocycles. The molecule has 1 unspecified atom stereocenters. The average Bonchev–Trinajstić information content (AvgIpc) is 2.95. The van der Waals surface area contributed by atoms with E-state index in [1.807, 2.05) is 36.5 Å². The van der Waals surface area contributed by atoms with Crippen molar-refractivity contribution in [2.24, 2.45) is 5.10 Å². The molecular formula is C17H18N4. The van der Waals surface area contributed by atoms with E-state index < -0.39 is 0 Å². The maximum atomic E-state index is 4.41. The fourth-order valence-corrected chi connectivity index (χ4v) is 2.24. The Morgan fingerprint density at radius 1 is 1.14 bits per heavy atom. The van der Waals surface area contributed by atoms with Crippen LogP contribution < -0.4 is 5.43 Å². The lowest BCUT2D eigenvalue weighted by Crippen LogP contribution is -1.96. The number of fused-ring (bicyclic) bond motifs is 1. The summed E-state index contributed by atoms with van der Waals surface area (Å²) in [6.45, 7) is 2.20. The zero-order valence-electron chi connectivity index (χ0n) is 12.0. The van der Waals surface area contributed by atoms with E-state index >= 15 is 0 Å². The average molecular weight is 278 g/mol. The van der Waals surface area contributed by atoms with E-state index in [4.69, 9.17) is 0 Å². The summed E-state index contributed by atoms with van der Waals surface area (Å²) in [5.74, 6) is 1.12. The number of nitrogens with one attached hydrogen (secondary N) is 2. The number of para-hydroxylation sites is 2. The molecule has 0 spiro atoms. The Morgan fingerprint density at radius 3 is 2.71 bits per heavy atom. The van der Waals surface area contributed by atoms with Gasteiger partial charge in [0.15, 0.2) is 0 Å². The van der Waals surface area contributed by atoms with Gasteiger partial charge in [0.05, 0.1) is 11.0 Å². The van der Waals surface area contributed by atoms with Gasteiger partial charge in [0.1, 0.15) is 0 Å². The molecule has 106 valence electrons. The maximum absolute atomic E-state index is 4.41. The number of imidazole rings is 1. The topological polar surface area (TPSA) is 53.1 Å². The zero-order chi connectivity index (χ0) is 14.5. The van der Waals surface area contributed by atoms with Crippen molar-refractivity contribution in [3.05, 3.63) is 60.2 Å². The molecule has 1 atom stereocenters. The molecule has 2 aromatic carbocycles. The molecule has 0 saturated carbocycles. The molecule has 3 aromatic rings. The number of hydrazone groups is 1. The van der Waals surface area contributed by atoms with Crippen LogP contribution in [0.2, 0.25) is 0 Å². The molecule has 0 aliphatic rings. The van der Waals surface area contributed by atoms with Gasteiger partial charge in [0.25, 0.3) is 0 Å². The van der Waals surface area contributed by atoms with Crippen LogP contribution in [0.5, 0.6) is 0 Å². The third-order valence-corrected chi connectivity index (χ3v) is 3.48. The molecule has 2 N–H and O–H groups in total. The first kappa shape index (κ1) is 13.4. The largest absolute Gasteiger partial charge is 0.323 e. The Balaban J connectivity index is 1.57. The van der Waals surface area contributed by atoms with Crippen LogP contribution in [0, 0.1) is 0 Å². The standard InChI is InChI=1S/C17H18N4/c1-13(14-7-3-2-4-8-14)11-12-18-21-17-19-15-9-5-6-10-16(15)20-17/h2-10,12-13H,11H2,1H3,(H2,19,20,21)/b18-12+. The fraction of sp³-hybridized carbons (Fsp3) is 0.176. The molecule has 0 aliphatic carbocycles. The highest BCUT2D eigenvalue weighted by atomic mass is 15.3. The SMILES string of the molecule is CC(C/C=N/Nc1nc2ccccc2[nH]1)c1ccccc1. The van der Waals surface area contributed by atoms with Crippen molar-refractivity contribution in [3.8, 4) is 0 Å². The summed E-state index contributed by atoms with van der Waals surface area (Å²) in [7, 11) is 0. The number of anilines is 1. The molecule has 0 fully saturated rings. The molecule has 21 heavy (non-hydrogen) atoms. The Hall–Kier alpha value is -2.62. The highest BCUT2D eigenvalue weighted by Gasteiger charge is 2.02. The van der Waals surface area contributed by atoms with Gasteiger partial charge in [-0.2, -0.15) is 5.10 Å². The summed E-state index contributed by atoms with van der Waals surface area (Å²) in [6.07, 6.45) is 2.78. The van der Waals surface area contributed by atoms with Crippen molar-refractivity contribution in [2.75, 3.05) is 5.43 Å². The summed E-state index contributed by atoms with van der Waals surface area (Å²) in [5.41, 5.74) is 6.22. The van der Waals surface area contributed by atoms with Gasteiger partial charge in [-0.1, -0.05) is 49.4 Å². The number of aromatic amines is 1. The monoisotopic (exact) mass is 278 g/mol. The van der Waals surface area contributed by atoms with Gasteiger partial charge in [-0.25, -0.2) is 10.4 Å². The molecule has 1 aromatic heterocycles. The maximum Gasteiger partial charge on any atom is 0.222 e. The Kier molecular flexibility index (Phi) is 3.96. The summed E-state index contributed by atoms with van der Waals surface area (Å²) < 4.78 is 0. The van der Waals surface area contributed by atoms with E-state index in [2.05, 4.69) is 51.7 Å². The first-order valence-electron chi connectivity index (χ1n) is 7.10. The van der Waals surface area contributed by atoms with E-state index in [1.54, 1.807) is 0 Å². The van der Waals surface area contributed by atoms with Gasteiger partial charge in [-0.05, 0) is 30.0 Å². The van der Waals surface area contributed by atoms with Crippen LogP contribution in [0.1, 0.15) is 24.8 Å². The molecule has 0 amide bonds. The lowest BCUT2D eigenvalue weighted by molar-refractivity contribution is 0.812. The molecule has 3 rings (SSSR count). The van der Waals surface area contributed by atoms with Crippen LogP contribution in [0.25, 0.3) is 11.0 Å². The normalized spacial score (nSPS) is 12.8. The smallest absolute Gasteiger partial charge is 0.222 e. The molecule has 0 aliphatic heterocycles. The fourth-order valence-electron chi connectivity index (χ4n) is 2.24. The van der Waals surface area contributed by atoms with E-state index in [0.717, 1.165) is 17.5 Å². The van der Waals surface area contributed by atoms with Gasteiger partial charge in [-0.3, -0.25) is 0 Å². The summed E-state index contributed by atoms with van der Waals surface area (Å²) in [4.78, 5) is 7.59. The lowest BCUT2D eigenvalue weighted by Gasteiger charge is -2.07. The van der Waals surface area contributed by atoms with Crippen molar-refractivity contribution in [3.63, 3.8) is 0 Å². The highest BCUT2D eigenvalue weighted by Crippen LogP contribution is 2.17. The molecule has 0 bridgehead atoms. The van der Waals surface area contributed by atoms with Gasteiger partial charge < -0.3 is 4.98 Å². The minimum Gasteiger partial charge on any atom is -0.323 e. The Bertz CT molecular complexity index is 698. The minimum absolute atomic E-state index is 0.451. The number of rotatable bonds is 5. The van der Waals surface area contributed by atoms with Crippen LogP contribution in [0.15, 0.2) is 59.7 Å². The number of H-pyrrole nitrogens is 1. The lowest BCUT2D eigenvalue weighted by atomic mass is 9.99. The van der Waals surface area contributed by atoms with Gasteiger partial charge in [0, 0.05) is 6.21 Å². The highest BCUT2D eigenvalue weighted by molar-refractivity contribution is 5.77. The van der Waals surface area contributed by atoms with Gasteiger partial charge >= 0.3 is 0 Å². The number of hydrogen-bond donors (Lipinski definition) is 2. The summed E-state index contributed by atoms with van der Waals surface area (Å²) in [6, 6.07) is 18.4. The predicted octanol–water partition coefficient (Wildman–Crippen LogP) is 4.15. The van der Waals surface area contributed by atoms with Crippen molar-refractivity contribution in [1.82, 2.24) is 9.97 Å². The zero-order valence-corrected chi connectivity index (χ0v) is 12.0. The van der Waals surface area contributed by atoms with E-state index in [-0.39, 0.29) is 0 Å². The van der Waals surface area contributed by atoms with Crippen LogP contribution >= 0.6 is 0 Å². The Morgan fingerprint density at radius 2 is 1.90 bits per heavy atom. The molecule has 4 heteroatoms. The second kappa shape index (κ2) is 6.22. The molecule has 0 saturated heterocycles. The van der Waals surface area contributed by atoms with Crippen molar-refractivity contribution < 1.29 is 0 Å². The number of benzene rings is 2. The second-order valence-corrected chi connectivity index (χ2v) is 5.07. The summed E-state index contributed by atoms with van der Waals surface area (Å²) in [5, 5.41) is 4.23. The quantitative estimate of drug-likeness (QED) is 0.544. The van der Waals surface area contributed by atoms with Crippen LogP contribution in [-0.2, 0) is 0 Å². The van der Waals surface area contributed by atoms with Crippen LogP contribution in [0.4, 0.5) is 5.95 Å². The van der Waals surface area contributed by atoms with E-state index in [9.17, 15) is 0 Å². The molecular weight excluding hydrogens is 260 g/mol. The first-order valence-corrected chi connectivity index (χ1v) is 7.10. The van der Waals surface area contributed by atoms with Crippen molar-refractivity contribution in [1.29, 1.82) is 0 Å². The Labute approximate surface area is 123 Å². The second-order valence-electron chi connectivity index (χ2n) is 5.07.